The summed E-state index contributed by atoms with van der Waals surface area (Å²) in [5.41, 5.74) is -0.0960. The van der Waals surface area contributed by atoms with Gasteiger partial charge in [0.25, 0.3) is 11.8 Å². The van der Waals surface area contributed by atoms with Crippen molar-refractivity contribution < 1.29 is 18.3 Å². The Kier molecular flexibility index (Phi) is 6.28. The number of carbonyl (C=O) groups is 1. The lowest BCUT2D eigenvalue weighted by molar-refractivity contribution is 0.0121. The van der Waals surface area contributed by atoms with Crippen molar-refractivity contribution in [2.24, 2.45) is 0 Å². The summed E-state index contributed by atoms with van der Waals surface area (Å²) < 4.78 is 32.0. The molecule has 9 nitrogen and oxygen atoms in total. The third-order valence-corrected chi connectivity index (χ3v) is 4.31. The van der Waals surface area contributed by atoms with Gasteiger partial charge in [0.2, 0.25) is 5.88 Å². The Labute approximate surface area is 171 Å². The number of carbonyl (C=O) groups excluding carboxylic acids is 1. The Morgan fingerprint density at radius 3 is 2.53 bits per heavy atom. The van der Waals surface area contributed by atoms with Crippen molar-refractivity contribution in [2.75, 3.05) is 13.2 Å². The van der Waals surface area contributed by atoms with Crippen molar-refractivity contribution in [3.63, 3.8) is 0 Å². The zero-order valence-corrected chi connectivity index (χ0v) is 16.7. The molecule has 0 saturated carbocycles. The molecular formula is C19H21F2N7O2. The van der Waals surface area contributed by atoms with Crippen LogP contribution in [0.5, 0.6) is 5.88 Å². The van der Waals surface area contributed by atoms with Crippen molar-refractivity contribution in [1.29, 1.82) is 0 Å². The van der Waals surface area contributed by atoms with E-state index in [4.69, 9.17) is 4.74 Å². The fraction of sp³-hybridized carbons (Fsp3) is 0.368. The van der Waals surface area contributed by atoms with E-state index < -0.39 is 11.6 Å². The molecule has 0 spiro atoms. The minimum atomic E-state index is -3.07. The van der Waals surface area contributed by atoms with Crippen LogP contribution in [-0.4, -0.2) is 59.9 Å². The number of halogens is 2. The average molecular weight is 417 g/mol. The maximum atomic E-state index is 13.2. The molecule has 3 aromatic heterocycles. The number of ether oxygens (including phenoxy) is 1. The minimum Gasteiger partial charge on any atom is -0.474 e. The third kappa shape index (κ3) is 4.73. The number of rotatable bonds is 8. The highest BCUT2D eigenvalue weighted by molar-refractivity contribution is 5.97. The monoisotopic (exact) mass is 417 g/mol. The molecule has 0 fully saturated rings. The predicted octanol–water partition coefficient (Wildman–Crippen LogP) is 2.49. The molecule has 0 N–H and O–H groups in total. The molecule has 0 aliphatic rings. The highest BCUT2D eigenvalue weighted by atomic mass is 19.3. The van der Waals surface area contributed by atoms with Gasteiger partial charge < -0.3 is 9.64 Å². The summed E-state index contributed by atoms with van der Waals surface area (Å²) in [6.45, 7) is 4.92. The first-order valence-electron chi connectivity index (χ1n) is 9.27. The van der Waals surface area contributed by atoms with Gasteiger partial charge in [-0.1, -0.05) is 0 Å². The topological polar surface area (TPSA) is 98.9 Å². The van der Waals surface area contributed by atoms with Gasteiger partial charge in [-0.3, -0.25) is 4.79 Å². The van der Waals surface area contributed by atoms with Crippen molar-refractivity contribution in [3.05, 3.63) is 54.4 Å². The Bertz CT molecular complexity index is 975. The average Bonchev–Trinajstić information content (AvgIpc) is 3.27. The summed E-state index contributed by atoms with van der Waals surface area (Å²) in [5.74, 6) is -2.92. The van der Waals surface area contributed by atoms with Gasteiger partial charge in [-0.2, -0.15) is 19.0 Å². The standard InChI is InChI=1S/C19H21F2N7O2/c1-4-27(13(2)12-30-16-11-23-15(10-24-16)19(3,20)21)18(29)14-6-5-7-22-17(14)28-25-8-9-26-28/h5-11,13H,4,12H2,1-3H3/t13-/m0/s1. The quantitative estimate of drug-likeness (QED) is 0.555. The highest BCUT2D eigenvalue weighted by Gasteiger charge is 2.27. The molecule has 3 rings (SSSR count). The van der Waals surface area contributed by atoms with Gasteiger partial charge in [-0.15, -0.1) is 4.80 Å². The number of aromatic nitrogens is 6. The number of pyridine rings is 1. The van der Waals surface area contributed by atoms with Crippen LogP contribution in [0.15, 0.2) is 43.1 Å². The molecule has 0 aliphatic carbocycles. The molecule has 3 aromatic rings. The van der Waals surface area contributed by atoms with E-state index in [9.17, 15) is 13.6 Å². The summed E-state index contributed by atoms with van der Waals surface area (Å²) in [7, 11) is 0. The molecule has 1 amide bonds. The van der Waals surface area contributed by atoms with Crippen molar-refractivity contribution in [2.45, 2.75) is 32.7 Å². The van der Waals surface area contributed by atoms with E-state index in [0.29, 0.717) is 17.9 Å². The van der Waals surface area contributed by atoms with Crippen LogP contribution in [0.25, 0.3) is 5.82 Å². The SMILES string of the molecule is CCN(C(=O)c1cccnc1-n1nccn1)[C@@H](C)COc1cnc(C(C)(F)F)cn1. The predicted molar refractivity (Wildman–Crippen MR) is 102 cm³/mol. The molecule has 3 heterocycles. The second-order valence-corrected chi connectivity index (χ2v) is 6.57. The first kappa shape index (κ1) is 21.2. The zero-order chi connectivity index (χ0) is 21.7. The van der Waals surface area contributed by atoms with E-state index in [1.54, 1.807) is 23.2 Å². The van der Waals surface area contributed by atoms with Crippen LogP contribution in [0.2, 0.25) is 0 Å². The van der Waals surface area contributed by atoms with Crippen molar-refractivity contribution in [3.8, 4) is 11.7 Å². The lowest BCUT2D eigenvalue weighted by Gasteiger charge is -2.28. The number of hydrogen-bond donors (Lipinski definition) is 0. The zero-order valence-electron chi connectivity index (χ0n) is 16.7. The van der Waals surface area contributed by atoms with Gasteiger partial charge in [0.1, 0.15) is 12.3 Å². The maximum Gasteiger partial charge on any atom is 0.288 e. The van der Waals surface area contributed by atoms with E-state index in [0.717, 1.165) is 19.3 Å². The molecule has 0 unspecified atom stereocenters. The summed E-state index contributed by atoms with van der Waals surface area (Å²) in [6.07, 6.45) is 6.66. The molecule has 1 atom stereocenters. The number of likely N-dealkylation sites (N-methyl/N-ethyl adjacent to an activating group) is 1. The van der Waals surface area contributed by atoms with Crippen molar-refractivity contribution >= 4 is 5.91 Å². The van der Waals surface area contributed by atoms with Gasteiger partial charge >= 0.3 is 0 Å². The summed E-state index contributed by atoms with van der Waals surface area (Å²) in [6, 6.07) is 2.98. The smallest absolute Gasteiger partial charge is 0.288 e. The molecule has 0 radical (unpaired) electrons. The number of amides is 1. The molecule has 0 bridgehead atoms. The second-order valence-electron chi connectivity index (χ2n) is 6.57. The minimum absolute atomic E-state index is 0.0983. The maximum absolute atomic E-state index is 13.2. The molecule has 158 valence electrons. The van der Waals surface area contributed by atoms with E-state index >= 15 is 0 Å². The van der Waals surface area contributed by atoms with E-state index in [1.165, 1.54) is 17.2 Å². The fourth-order valence-electron chi connectivity index (χ4n) is 2.77. The lowest BCUT2D eigenvalue weighted by Crippen LogP contribution is -2.42. The first-order valence-corrected chi connectivity index (χ1v) is 9.27. The van der Waals surface area contributed by atoms with Gasteiger partial charge in [0, 0.05) is 19.7 Å². The number of nitrogens with zero attached hydrogens (tertiary/aromatic N) is 7. The Balaban J connectivity index is 1.71. The van der Waals surface area contributed by atoms with Crippen LogP contribution in [0.3, 0.4) is 0 Å². The van der Waals surface area contributed by atoms with E-state index in [1.807, 2.05) is 13.8 Å². The van der Waals surface area contributed by atoms with Crippen LogP contribution in [-0.2, 0) is 5.92 Å². The number of hydrogen-bond acceptors (Lipinski definition) is 7. The van der Waals surface area contributed by atoms with Gasteiger partial charge in [-0.25, -0.2) is 15.0 Å². The highest BCUT2D eigenvalue weighted by Crippen LogP contribution is 2.24. The molecule has 30 heavy (non-hydrogen) atoms. The molecular weight excluding hydrogens is 396 g/mol. The van der Waals surface area contributed by atoms with Gasteiger partial charge in [0.05, 0.1) is 36.4 Å². The van der Waals surface area contributed by atoms with Gasteiger partial charge in [-0.05, 0) is 26.0 Å². The molecule has 11 heteroatoms. The van der Waals surface area contributed by atoms with E-state index in [-0.39, 0.29) is 24.4 Å². The molecule has 0 aliphatic heterocycles. The van der Waals surface area contributed by atoms with E-state index in [2.05, 4.69) is 25.1 Å². The molecule has 0 aromatic carbocycles. The summed E-state index contributed by atoms with van der Waals surface area (Å²) in [4.78, 5) is 27.8. The Hall–Kier alpha value is -3.50. The fourth-order valence-corrected chi connectivity index (χ4v) is 2.77. The second kappa shape index (κ2) is 8.89. The largest absolute Gasteiger partial charge is 0.474 e. The van der Waals surface area contributed by atoms with Crippen LogP contribution < -0.4 is 4.74 Å². The first-order chi connectivity index (χ1) is 14.3. The Morgan fingerprint density at radius 1 is 1.20 bits per heavy atom. The van der Waals surface area contributed by atoms with Crippen molar-refractivity contribution in [1.82, 2.24) is 34.8 Å². The Morgan fingerprint density at radius 2 is 1.93 bits per heavy atom. The molecule has 0 saturated heterocycles. The summed E-state index contributed by atoms with van der Waals surface area (Å²) >= 11 is 0. The van der Waals surface area contributed by atoms with Crippen LogP contribution in [0.4, 0.5) is 8.78 Å². The number of alkyl halides is 2. The van der Waals surface area contributed by atoms with Gasteiger partial charge in [0.15, 0.2) is 5.82 Å². The van der Waals surface area contributed by atoms with Crippen LogP contribution in [0.1, 0.15) is 36.8 Å². The lowest BCUT2D eigenvalue weighted by atomic mass is 10.2. The van der Waals surface area contributed by atoms with Crippen LogP contribution >= 0.6 is 0 Å². The normalized spacial score (nSPS) is 12.4. The third-order valence-electron chi connectivity index (χ3n) is 4.31. The van der Waals surface area contributed by atoms with Crippen LogP contribution in [0, 0.1) is 0 Å². The summed E-state index contributed by atoms with van der Waals surface area (Å²) in [5, 5.41) is 8.08.